The first-order chi connectivity index (χ1) is 10.4. The second-order valence-electron chi connectivity index (χ2n) is 5.28. The largest absolute Gasteiger partial charge is 0.348 e. The number of sulfonamides is 1. The van der Waals surface area contributed by atoms with E-state index in [4.69, 9.17) is 5.14 Å². The predicted octanol–water partition coefficient (Wildman–Crippen LogP) is 0.875. The minimum Gasteiger partial charge on any atom is -0.348 e. The molecular weight excluding hydrogens is 324 g/mol. The summed E-state index contributed by atoms with van der Waals surface area (Å²) in [5.74, 6) is 0.267. The minimum absolute atomic E-state index is 0.0498. The third-order valence-electron chi connectivity index (χ3n) is 3.94. The molecule has 2 rings (SSSR count). The van der Waals surface area contributed by atoms with Gasteiger partial charge in [-0.15, -0.1) is 0 Å². The minimum atomic E-state index is -3.69. The number of primary sulfonamides is 1. The highest BCUT2D eigenvalue weighted by Gasteiger charge is 2.29. The Hall–Kier alpha value is -1.19. The van der Waals surface area contributed by atoms with Crippen LogP contribution in [0.1, 0.15) is 26.7 Å². The quantitative estimate of drug-likeness (QED) is 0.853. The summed E-state index contributed by atoms with van der Waals surface area (Å²) in [6.45, 7) is 6.85. The van der Waals surface area contributed by atoms with E-state index in [9.17, 15) is 13.2 Å². The lowest BCUT2D eigenvalue weighted by molar-refractivity contribution is -0.135. The van der Waals surface area contributed by atoms with E-state index in [2.05, 4.69) is 4.98 Å². The van der Waals surface area contributed by atoms with Crippen LogP contribution in [0, 0.1) is 5.92 Å². The molecule has 0 saturated carbocycles. The average molecular weight is 346 g/mol. The molecule has 22 heavy (non-hydrogen) atoms. The number of nitrogens with two attached hydrogens (primary N) is 1. The van der Waals surface area contributed by atoms with Crippen molar-refractivity contribution in [1.29, 1.82) is 0 Å². The maximum atomic E-state index is 12.3. The lowest BCUT2D eigenvalue weighted by Crippen LogP contribution is -2.42. The van der Waals surface area contributed by atoms with Crippen LogP contribution in [0.5, 0.6) is 0 Å². The van der Waals surface area contributed by atoms with E-state index in [1.54, 1.807) is 0 Å². The Balaban J connectivity index is 1.97. The van der Waals surface area contributed by atoms with E-state index in [0.717, 1.165) is 37.3 Å². The number of rotatable bonds is 5. The average Bonchev–Trinajstić information content (AvgIpc) is 2.98. The highest BCUT2D eigenvalue weighted by atomic mass is 32.2. The van der Waals surface area contributed by atoms with E-state index < -0.39 is 10.0 Å². The van der Waals surface area contributed by atoms with Crippen LogP contribution in [0.25, 0.3) is 0 Å². The lowest BCUT2D eigenvalue weighted by Gasteiger charge is -2.33. The monoisotopic (exact) mass is 346 g/mol. The van der Waals surface area contributed by atoms with Crippen LogP contribution in [-0.2, 0) is 14.8 Å². The van der Waals surface area contributed by atoms with E-state index in [0.29, 0.717) is 18.2 Å². The van der Waals surface area contributed by atoms with Gasteiger partial charge in [0, 0.05) is 32.1 Å². The van der Waals surface area contributed by atoms with Crippen molar-refractivity contribution < 1.29 is 13.2 Å². The van der Waals surface area contributed by atoms with Gasteiger partial charge in [0.2, 0.25) is 15.9 Å². The fraction of sp³-hybridized carbons (Fsp3) is 0.692. The number of aromatic nitrogens is 1. The summed E-state index contributed by atoms with van der Waals surface area (Å²) in [6.07, 6.45) is 2.82. The third-order valence-corrected chi connectivity index (χ3v) is 6.41. The lowest BCUT2D eigenvalue weighted by atomic mass is 9.95. The molecule has 1 amide bonds. The molecule has 2 heterocycles. The molecule has 1 aromatic heterocycles. The first kappa shape index (κ1) is 17.2. The van der Waals surface area contributed by atoms with Gasteiger partial charge < -0.3 is 9.80 Å². The van der Waals surface area contributed by atoms with Gasteiger partial charge in [-0.2, -0.15) is 0 Å². The standard InChI is InChI=1S/C13H22N4O3S2/c1-3-16(4-2)12(18)10-5-7-17(8-6-10)13-15-9-11(21-13)22(14,19)20/h9-10H,3-8H2,1-2H3,(H2,14,19,20). The molecule has 0 unspecified atom stereocenters. The van der Waals surface area contributed by atoms with Gasteiger partial charge in [-0.1, -0.05) is 11.3 Å². The van der Waals surface area contributed by atoms with Crippen LogP contribution >= 0.6 is 11.3 Å². The zero-order valence-corrected chi connectivity index (χ0v) is 14.5. The normalized spacial score (nSPS) is 16.8. The number of carbonyl (C=O) groups excluding carboxylic acids is 1. The number of nitrogens with zero attached hydrogens (tertiary/aromatic N) is 3. The van der Waals surface area contributed by atoms with Gasteiger partial charge in [-0.05, 0) is 26.7 Å². The molecule has 0 aromatic carbocycles. The number of carbonyl (C=O) groups is 1. The maximum Gasteiger partial charge on any atom is 0.249 e. The maximum absolute atomic E-state index is 12.3. The van der Waals surface area contributed by atoms with Gasteiger partial charge >= 0.3 is 0 Å². The number of hydrogen-bond donors (Lipinski definition) is 1. The second-order valence-corrected chi connectivity index (χ2v) is 8.08. The van der Waals surface area contributed by atoms with Crippen LogP contribution in [0.4, 0.5) is 5.13 Å². The molecule has 2 N–H and O–H groups in total. The summed E-state index contributed by atoms with van der Waals surface area (Å²) in [4.78, 5) is 20.4. The fourth-order valence-corrected chi connectivity index (χ4v) is 4.23. The summed E-state index contributed by atoms with van der Waals surface area (Å²) in [5.41, 5.74) is 0. The summed E-state index contributed by atoms with van der Waals surface area (Å²) in [7, 11) is -3.69. The molecule has 1 aliphatic heterocycles. The van der Waals surface area contributed by atoms with Crippen molar-refractivity contribution in [2.24, 2.45) is 11.1 Å². The molecule has 0 bridgehead atoms. The smallest absolute Gasteiger partial charge is 0.249 e. The van der Waals surface area contributed by atoms with Crippen LogP contribution in [0.2, 0.25) is 0 Å². The molecule has 0 atom stereocenters. The van der Waals surface area contributed by atoms with Crippen LogP contribution in [0.15, 0.2) is 10.4 Å². The Bertz CT molecular complexity index is 617. The van der Waals surface area contributed by atoms with E-state index in [1.165, 1.54) is 6.20 Å². The topological polar surface area (TPSA) is 96.6 Å². The fourth-order valence-electron chi connectivity index (χ4n) is 2.64. The summed E-state index contributed by atoms with van der Waals surface area (Å²) in [5, 5.41) is 5.75. The number of piperidine rings is 1. The van der Waals surface area contributed by atoms with Gasteiger partial charge in [-0.25, -0.2) is 18.5 Å². The number of hydrogen-bond acceptors (Lipinski definition) is 6. The Labute approximate surface area is 135 Å². The van der Waals surface area contributed by atoms with Crippen molar-refractivity contribution in [3.05, 3.63) is 6.20 Å². The van der Waals surface area contributed by atoms with Crippen molar-refractivity contribution >= 4 is 32.4 Å². The molecule has 124 valence electrons. The van der Waals surface area contributed by atoms with Gasteiger partial charge in [0.15, 0.2) is 9.34 Å². The zero-order chi connectivity index (χ0) is 16.3. The highest BCUT2D eigenvalue weighted by molar-refractivity contribution is 7.91. The second kappa shape index (κ2) is 6.93. The molecule has 1 fully saturated rings. The number of amides is 1. The highest BCUT2D eigenvalue weighted by Crippen LogP contribution is 2.29. The molecule has 1 aromatic rings. The molecule has 0 aliphatic carbocycles. The van der Waals surface area contributed by atoms with Crippen LogP contribution in [-0.4, -0.2) is 50.4 Å². The summed E-state index contributed by atoms with van der Waals surface area (Å²) in [6, 6.07) is 0. The Morgan fingerprint density at radius 1 is 1.41 bits per heavy atom. The van der Waals surface area contributed by atoms with E-state index in [-0.39, 0.29) is 16.0 Å². The third kappa shape index (κ3) is 3.76. The summed E-state index contributed by atoms with van der Waals surface area (Å²) < 4.78 is 22.7. The van der Waals surface area contributed by atoms with Crippen molar-refractivity contribution in [2.75, 3.05) is 31.1 Å². The Kier molecular flexibility index (Phi) is 5.41. The molecule has 0 radical (unpaired) electrons. The zero-order valence-electron chi connectivity index (χ0n) is 12.9. The number of thiazole rings is 1. The van der Waals surface area contributed by atoms with Gasteiger partial charge in [0.25, 0.3) is 0 Å². The molecular formula is C13H22N4O3S2. The van der Waals surface area contributed by atoms with Crippen LogP contribution < -0.4 is 10.0 Å². The molecule has 9 heteroatoms. The van der Waals surface area contributed by atoms with E-state index >= 15 is 0 Å². The SMILES string of the molecule is CCN(CC)C(=O)C1CCN(c2ncc(S(N)(=O)=O)s2)CC1. The summed E-state index contributed by atoms with van der Waals surface area (Å²) >= 11 is 1.08. The first-order valence-corrected chi connectivity index (χ1v) is 9.75. The van der Waals surface area contributed by atoms with Gasteiger partial charge in [0.1, 0.15) is 0 Å². The van der Waals surface area contributed by atoms with Crippen molar-refractivity contribution in [3.8, 4) is 0 Å². The van der Waals surface area contributed by atoms with Crippen molar-refractivity contribution in [1.82, 2.24) is 9.88 Å². The van der Waals surface area contributed by atoms with E-state index in [1.807, 2.05) is 23.6 Å². The molecule has 1 saturated heterocycles. The van der Waals surface area contributed by atoms with Crippen LogP contribution in [0.3, 0.4) is 0 Å². The Morgan fingerprint density at radius 2 is 2.00 bits per heavy atom. The predicted molar refractivity (Wildman–Crippen MR) is 86.4 cm³/mol. The molecule has 1 aliphatic rings. The molecule has 7 nitrogen and oxygen atoms in total. The van der Waals surface area contributed by atoms with Crippen molar-refractivity contribution in [3.63, 3.8) is 0 Å². The number of anilines is 1. The van der Waals surface area contributed by atoms with Crippen molar-refractivity contribution in [2.45, 2.75) is 30.9 Å². The van der Waals surface area contributed by atoms with Gasteiger partial charge in [-0.3, -0.25) is 4.79 Å². The van der Waals surface area contributed by atoms with Gasteiger partial charge in [0.05, 0.1) is 6.20 Å². The molecule has 0 spiro atoms. The Morgan fingerprint density at radius 3 is 2.45 bits per heavy atom. The first-order valence-electron chi connectivity index (χ1n) is 7.39.